The molecule has 0 spiro atoms. The van der Waals surface area contributed by atoms with Gasteiger partial charge >= 0.3 is 0 Å². The monoisotopic (exact) mass is 488 g/mol. The molecule has 0 bridgehead atoms. The lowest BCUT2D eigenvalue weighted by Gasteiger charge is -2.23. The Kier molecular flexibility index (Phi) is 7.36. The van der Waals surface area contributed by atoms with E-state index >= 15 is 0 Å². The Bertz CT molecular complexity index is 1430. The number of sulfonamides is 1. The molecule has 0 radical (unpaired) electrons. The Hall–Kier alpha value is -3.84. The zero-order valence-electron chi connectivity index (χ0n) is 19.8. The summed E-state index contributed by atoms with van der Waals surface area (Å²) in [6, 6.07) is 28.2. The molecule has 6 nitrogen and oxygen atoms in total. The first-order chi connectivity index (χ1) is 16.8. The molecule has 180 valence electrons. The second-order valence-corrected chi connectivity index (χ2v) is 10.3. The van der Waals surface area contributed by atoms with Gasteiger partial charge in [0.25, 0.3) is 5.91 Å². The zero-order valence-corrected chi connectivity index (χ0v) is 20.6. The molecule has 0 heterocycles. The first-order valence-electron chi connectivity index (χ1n) is 11.3. The highest BCUT2D eigenvalue weighted by atomic mass is 32.2. The van der Waals surface area contributed by atoms with Gasteiger partial charge in [-0.15, -0.1) is 0 Å². The molecule has 4 aromatic rings. The summed E-state index contributed by atoms with van der Waals surface area (Å²) in [6.07, 6.45) is 1.19. The number of carbonyl (C=O) groups excluding carboxylic acids is 1. The van der Waals surface area contributed by atoms with Gasteiger partial charge in [-0.1, -0.05) is 60.7 Å². The number of ether oxygens (including phenoxy) is 1. The van der Waals surface area contributed by atoms with Crippen molar-refractivity contribution >= 4 is 32.4 Å². The van der Waals surface area contributed by atoms with E-state index in [1.54, 1.807) is 30.3 Å². The van der Waals surface area contributed by atoms with Crippen LogP contribution in [0.15, 0.2) is 91.0 Å². The van der Waals surface area contributed by atoms with Crippen LogP contribution < -0.4 is 14.4 Å². The molecule has 0 aromatic heterocycles. The van der Waals surface area contributed by atoms with Gasteiger partial charge in [0.1, 0.15) is 12.4 Å². The average molecular weight is 489 g/mol. The van der Waals surface area contributed by atoms with Crippen LogP contribution in [0.3, 0.4) is 0 Å². The molecule has 1 N–H and O–H groups in total. The van der Waals surface area contributed by atoms with Crippen molar-refractivity contribution in [1.82, 2.24) is 5.32 Å². The number of rotatable bonds is 9. The molecule has 0 aliphatic rings. The van der Waals surface area contributed by atoms with Crippen LogP contribution in [0.5, 0.6) is 5.75 Å². The Morgan fingerprint density at radius 1 is 0.914 bits per heavy atom. The predicted octanol–water partition coefficient (Wildman–Crippen LogP) is 4.92. The van der Waals surface area contributed by atoms with Gasteiger partial charge in [0.15, 0.2) is 0 Å². The molecule has 0 unspecified atom stereocenters. The number of hydrogen-bond acceptors (Lipinski definition) is 4. The van der Waals surface area contributed by atoms with Gasteiger partial charge in [0.2, 0.25) is 10.0 Å². The van der Waals surface area contributed by atoms with Crippen molar-refractivity contribution in [3.8, 4) is 5.75 Å². The summed E-state index contributed by atoms with van der Waals surface area (Å²) in [6.45, 7) is 2.81. The third-order valence-corrected chi connectivity index (χ3v) is 6.77. The highest BCUT2D eigenvalue weighted by Gasteiger charge is 2.18. The van der Waals surface area contributed by atoms with Crippen LogP contribution in [-0.2, 0) is 16.6 Å². The maximum Gasteiger partial charge on any atom is 0.251 e. The molecule has 0 fully saturated rings. The lowest BCUT2D eigenvalue weighted by molar-refractivity contribution is 0.0947. The van der Waals surface area contributed by atoms with E-state index in [2.05, 4.69) is 5.32 Å². The topological polar surface area (TPSA) is 75.7 Å². The summed E-state index contributed by atoms with van der Waals surface area (Å²) in [4.78, 5) is 12.5. The second-order valence-electron chi connectivity index (χ2n) is 8.39. The zero-order chi connectivity index (χ0) is 24.8. The second kappa shape index (κ2) is 10.6. The molecule has 0 aliphatic carbocycles. The standard InChI is InChI=1S/C28H28N2O4S/c1-21-7-5-10-25(19-21)30(35(2,32)33)20-22-13-15-24(16-14-22)28(31)29-17-18-34-27-12-6-9-23-8-3-4-11-26(23)27/h3-16,19H,17-18,20H2,1-2H3,(H,29,31). The van der Waals surface area contributed by atoms with Gasteiger partial charge in [0, 0.05) is 10.9 Å². The molecule has 1 amide bonds. The molecule has 4 aromatic carbocycles. The molecule has 35 heavy (non-hydrogen) atoms. The predicted molar refractivity (Wildman–Crippen MR) is 140 cm³/mol. The number of nitrogens with one attached hydrogen (secondary N) is 1. The minimum Gasteiger partial charge on any atom is -0.491 e. The highest BCUT2D eigenvalue weighted by Crippen LogP contribution is 2.25. The summed E-state index contributed by atoms with van der Waals surface area (Å²) in [5.41, 5.74) is 2.88. The van der Waals surface area contributed by atoms with E-state index < -0.39 is 10.0 Å². The number of fused-ring (bicyclic) bond motifs is 1. The molecular formula is C28H28N2O4S. The van der Waals surface area contributed by atoms with Crippen molar-refractivity contribution in [2.24, 2.45) is 0 Å². The molecule has 0 aliphatic heterocycles. The third-order valence-electron chi connectivity index (χ3n) is 5.63. The maximum absolute atomic E-state index is 12.5. The smallest absolute Gasteiger partial charge is 0.251 e. The number of hydrogen-bond donors (Lipinski definition) is 1. The van der Waals surface area contributed by atoms with Crippen molar-refractivity contribution in [2.45, 2.75) is 13.5 Å². The van der Waals surface area contributed by atoms with Crippen LogP contribution in [0.25, 0.3) is 10.8 Å². The number of carbonyl (C=O) groups is 1. The Balaban J connectivity index is 1.34. The molecule has 0 saturated carbocycles. The Morgan fingerprint density at radius 3 is 2.37 bits per heavy atom. The van der Waals surface area contributed by atoms with Crippen LogP contribution in [0.1, 0.15) is 21.5 Å². The molecular weight excluding hydrogens is 460 g/mol. The first kappa shape index (κ1) is 24.3. The van der Waals surface area contributed by atoms with E-state index in [0.717, 1.165) is 27.6 Å². The Labute approximate surface area is 206 Å². The normalized spacial score (nSPS) is 11.3. The largest absolute Gasteiger partial charge is 0.491 e. The molecule has 4 rings (SSSR count). The van der Waals surface area contributed by atoms with Gasteiger partial charge in [-0.05, 0) is 53.8 Å². The van der Waals surface area contributed by atoms with Gasteiger partial charge < -0.3 is 10.1 Å². The van der Waals surface area contributed by atoms with Crippen molar-refractivity contribution < 1.29 is 17.9 Å². The van der Waals surface area contributed by atoms with Crippen LogP contribution in [0.4, 0.5) is 5.69 Å². The summed E-state index contributed by atoms with van der Waals surface area (Å²) < 4.78 is 32.0. The van der Waals surface area contributed by atoms with Crippen LogP contribution in [-0.4, -0.2) is 33.7 Å². The van der Waals surface area contributed by atoms with Crippen molar-refractivity contribution in [1.29, 1.82) is 0 Å². The number of amides is 1. The van der Waals surface area contributed by atoms with Crippen molar-refractivity contribution in [2.75, 3.05) is 23.7 Å². The van der Waals surface area contributed by atoms with Gasteiger partial charge in [-0.3, -0.25) is 9.10 Å². The highest BCUT2D eigenvalue weighted by molar-refractivity contribution is 7.92. The fourth-order valence-corrected chi connectivity index (χ4v) is 4.74. The quantitative estimate of drug-likeness (QED) is 0.339. The molecule has 0 atom stereocenters. The summed E-state index contributed by atoms with van der Waals surface area (Å²) in [7, 11) is -3.47. The van der Waals surface area contributed by atoms with Crippen molar-refractivity contribution in [3.05, 3.63) is 108 Å². The molecule has 7 heteroatoms. The lowest BCUT2D eigenvalue weighted by atomic mass is 10.1. The van der Waals surface area contributed by atoms with E-state index in [0.29, 0.717) is 24.4 Å². The molecule has 0 saturated heterocycles. The van der Waals surface area contributed by atoms with E-state index in [-0.39, 0.29) is 12.5 Å². The van der Waals surface area contributed by atoms with Crippen molar-refractivity contribution in [3.63, 3.8) is 0 Å². The summed E-state index contributed by atoms with van der Waals surface area (Å²) in [5, 5.41) is 5.00. The number of anilines is 1. The minimum absolute atomic E-state index is 0.184. The van der Waals surface area contributed by atoms with E-state index in [9.17, 15) is 13.2 Å². The van der Waals surface area contributed by atoms with Crippen LogP contribution >= 0.6 is 0 Å². The van der Waals surface area contributed by atoms with Crippen LogP contribution in [0, 0.1) is 6.92 Å². The number of benzene rings is 4. The van der Waals surface area contributed by atoms with Gasteiger partial charge in [-0.2, -0.15) is 0 Å². The fourth-order valence-electron chi connectivity index (χ4n) is 3.86. The third kappa shape index (κ3) is 6.19. The maximum atomic E-state index is 12.5. The van der Waals surface area contributed by atoms with Gasteiger partial charge in [-0.25, -0.2) is 8.42 Å². The Morgan fingerprint density at radius 2 is 1.63 bits per heavy atom. The SMILES string of the molecule is Cc1cccc(N(Cc2ccc(C(=O)NCCOc3cccc4ccccc34)cc2)S(C)(=O)=O)c1. The van der Waals surface area contributed by atoms with E-state index in [1.807, 2.05) is 67.6 Å². The van der Waals surface area contributed by atoms with E-state index in [4.69, 9.17) is 4.74 Å². The summed E-state index contributed by atoms with van der Waals surface area (Å²) >= 11 is 0. The lowest BCUT2D eigenvalue weighted by Crippen LogP contribution is -2.29. The first-order valence-corrected chi connectivity index (χ1v) is 13.2. The van der Waals surface area contributed by atoms with E-state index in [1.165, 1.54) is 10.6 Å². The fraction of sp³-hybridized carbons (Fsp3) is 0.179. The summed E-state index contributed by atoms with van der Waals surface area (Å²) in [5.74, 6) is 0.572. The van der Waals surface area contributed by atoms with Gasteiger partial charge in [0.05, 0.1) is 25.0 Å². The number of aryl methyl sites for hydroxylation is 1. The average Bonchev–Trinajstić information content (AvgIpc) is 2.84. The van der Waals surface area contributed by atoms with Crippen LogP contribution in [0.2, 0.25) is 0 Å². The minimum atomic E-state index is -3.47. The number of nitrogens with zero attached hydrogens (tertiary/aromatic N) is 1.